The van der Waals surface area contributed by atoms with Crippen molar-refractivity contribution in [3.63, 3.8) is 0 Å². The Morgan fingerprint density at radius 2 is 2.50 bits per heavy atom. The van der Waals surface area contributed by atoms with Crippen molar-refractivity contribution in [1.29, 1.82) is 0 Å². The lowest BCUT2D eigenvalue weighted by Gasteiger charge is -2.31. The number of aromatic nitrogens is 2. The first kappa shape index (κ1) is 12.9. The van der Waals surface area contributed by atoms with Crippen molar-refractivity contribution >= 4 is 5.97 Å². The van der Waals surface area contributed by atoms with Crippen molar-refractivity contribution in [2.75, 3.05) is 19.7 Å². The van der Waals surface area contributed by atoms with Crippen LogP contribution in [0.1, 0.15) is 17.9 Å². The molecule has 18 heavy (non-hydrogen) atoms. The van der Waals surface area contributed by atoms with Gasteiger partial charge in [-0.3, -0.25) is 9.69 Å². The van der Waals surface area contributed by atoms with Crippen LogP contribution in [0.5, 0.6) is 0 Å². The molecule has 2 rings (SSSR count). The Morgan fingerprint density at radius 3 is 3.22 bits per heavy atom. The second kappa shape index (κ2) is 5.88. The SMILES string of the molecule is Cc1nccc(CN2CCOC(CC(=O)O)C2)n1. The van der Waals surface area contributed by atoms with Crippen LogP contribution < -0.4 is 0 Å². The predicted octanol–water partition coefficient (Wildman–Crippen LogP) is 0.461. The Bertz CT molecular complexity index is 425. The summed E-state index contributed by atoms with van der Waals surface area (Å²) in [6, 6.07) is 1.88. The third-order valence-electron chi connectivity index (χ3n) is 2.84. The highest BCUT2D eigenvalue weighted by Gasteiger charge is 2.22. The minimum Gasteiger partial charge on any atom is -0.481 e. The van der Waals surface area contributed by atoms with Gasteiger partial charge in [0.25, 0.3) is 0 Å². The summed E-state index contributed by atoms with van der Waals surface area (Å²) < 4.78 is 5.43. The molecular weight excluding hydrogens is 234 g/mol. The standard InChI is InChI=1S/C12H17N3O3/c1-9-13-3-2-10(14-9)7-15-4-5-18-11(8-15)6-12(16)17/h2-3,11H,4-8H2,1H3,(H,16,17). The molecule has 0 aromatic carbocycles. The van der Waals surface area contributed by atoms with Gasteiger partial charge in [-0.25, -0.2) is 9.97 Å². The largest absolute Gasteiger partial charge is 0.481 e. The van der Waals surface area contributed by atoms with Gasteiger partial charge in [-0.1, -0.05) is 0 Å². The van der Waals surface area contributed by atoms with Crippen LogP contribution in [0.4, 0.5) is 0 Å². The molecule has 1 aromatic heterocycles. The lowest BCUT2D eigenvalue weighted by Crippen LogP contribution is -2.42. The van der Waals surface area contributed by atoms with E-state index in [0.717, 1.165) is 18.1 Å². The molecule has 0 aliphatic carbocycles. The smallest absolute Gasteiger partial charge is 0.306 e. The molecule has 1 saturated heterocycles. The Hall–Kier alpha value is -1.53. The fourth-order valence-electron chi connectivity index (χ4n) is 2.06. The Balaban J connectivity index is 1.91. The number of aryl methyl sites for hydroxylation is 1. The van der Waals surface area contributed by atoms with Crippen LogP contribution in [0, 0.1) is 6.92 Å². The predicted molar refractivity (Wildman–Crippen MR) is 64.0 cm³/mol. The second-order valence-corrected chi connectivity index (χ2v) is 4.42. The number of carboxylic acid groups (broad SMARTS) is 1. The third-order valence-corrected chi connectivity index (χ3v) is 2.84. The van der Waals surface area contributed by atoms with Crippen molar-refractivity contribution < 1.29 is 14.6 Å². The minimum absolute atomic E-state index is 0.0549. The number of rotatable bonds is 4. The summed E-state index contributed by atoms with van der Waals surface area (Å²) in [6.07, 6.45) is 1.57. The van der Waals surface area contributed by atoms with Crippen LogP contribution in [0.2, 0.25) is 0 Å². The van der Waals surface area contributed by atoms with Gasteiger partial charge in [0.05, 0.1) is 24.8 Å². The maximum Gasteiger partial charge on any atom is 0.306 e. The van der Waals surface area contributed by atoms with Crippen LogP contribution in [0.15, 0.2) is 12.3 Å². The van der Waals surface area contributed by atoms with Crippen molar-refractivity contribution in [3.05, 3.63) is 23.8 Å². The highest BCUT2D eigenvalue weighted by Crippen LogP contribution is 2.11. The zero-order valence-corrected chi connectivity index (χ0v) is 10.4. The third kappa shape index (κ3) is 3.75. The van der Waals surface area contributed by atoms with Crippen LogP contribution in [0.3, 0.4) is 0 Å². The average molecular weight is 251 g/mol. The zero-order chi connectivity index (χ0) is 13.0. The molecule has 1 aliphatic rings. The second-order valence-electron chi connectivity index (χ2n) is 4.42. The minimum atomic E-state index is -0.820. The molecule has 0 saturated carbocycles. The average Bonchev–Trinajstić information content (AvgIpc) is 2.28. The summed E-state index contributed by atoms with van der Waals surface area (Å²) in [7, 11) is 0. The number of ether oxygens (including phenoxy) is 1. The fourth-order valence-corrected chi connectivity index (χ4v) is 2.06. The number of carbonyl (C=O) groups is 1. The molecule has 0 spiro atoms. The molecule has 2 heterocycles. The van der Waals surface area contributed by atoms with E-state index in [1.54, 1.807) is 6.20 Å². The van der Waals surface area contributed by atoms with E-state index in [2.05, 4.69) is 14.9 Å². The molecule has 0 amide bonds. The number of nitrogens with zero attached hydrogens (tertiary/aromatic N) is 3. The highest BCUT2D eigenvalue weighted by atomic mass is 16.5. The zero-order valence-electron chi connectivity index (χ0n) is 10.4. The number of hydrogen-bond acceptors (Lipinski definition) is 5. The number of morpholine rings is 1. The number of aliphatic carboxylic acids is 1. The van der Waals surface area contributed by atoms with Gasteiger partial charge in [-0.15, -0.1) is 0 Å². The Kier molecular flexibility index (Phi) is 4.22. The van der Waals surface area contributed by atoms with E-state index in [0.29, 0.717) is 19.7 Å². The normalized spacial score (nSPS) is 20.8. The van der Waals surface area contributed by atoms with E-state index < -0.39 is 5.97 Å². The fraction of sp³-hybridized carbons (Fsp3) is 0.583. The Morgan fingerprint density at radius 1 is 1.67 bits per heavy atom. The molecule has 1 N–H and O–H groups in total. The van der Waals surface area contributed by atoms with Crippen molar-refractivity contribution in [3.8, 4) is 0 Å². The van der Waals surface area contributed by atoms with Crippen molar-refractivity contribution in [1.82, 2.24) is 14.9 Å². The molecule has 1 atom stereocenters. The van der Waals surface area contributed by atoms with Crippen LogP contribution in [-0.4, -0.2) is 51.7 Å². The number of carboxylic acids is 1. The van der Waals surface area contributed by atoms with Gasteiger partial charge in [-0.05, 0) is 13.0 Å². The summed E-state index contributed by atoms with van der Waals surface area (Å²) in [5, 5.41) is 8.76. The molecule has 0 radical (unpaired) electrons. The van der Waals surface area contributed by atoms with Gasteiger partial charge >= 0.3 is 5.97 Å². The summed E-state index contributed by atoms with van der Waals surface area (Å²) in [4.78, 5) is 21.2. The van der Waals surface area contributed by atoms with E-state index in [1.807, 2.05) is 13.0 Å². The highest BCUT2D eigenvalue weighted by molar-refractivity contribution is 5.67. The van der Waals surface area contributed by atoms with E-state index >= 15 is 0 Å². The Labute approximate surface area is 106 Å². The maximum absolute atomic E-state index is 10.7. The topological polar surface area (TPSA) is 75.6 Å². The van der Waals surface area contributed by atoms with Gasteiger partial charge in [-0.2, -0.15) is 0 Å². The van der Waals surface area contributed by atoms with Crippen LogP contribution in [0.25, 0.3) is 0 Å². The van der Waals surface area contributed by atoms with E-state index in [1.165, 1.54) is 0 Å². The summed E-state index contributed by atoms with van der Waals surface area (Å²) >= 11 is 0. The quantitative estimate of drug-likeness (QED) is 0.838. The van der Waals surface area contributed by atoms with Crippen molar-refractivity contribution in [2.24, 2.45) is 0 Å². The molecule has 0 bridgehead atoms. The summed E-state index contributed by atoms with van der Waals surface area (Å²) in [5.74, 6) is -0.0671. The van der Waals surface area contributed by atoms with Gasteiger partial charge in [0.2, 0.25) is 0 Å². The molecule has 6 nitrogen and oxygen atoms in total. The van der Waals surface area contributed by atoms with E-state index in [4.69, 9.17) is 9.84 Å². The molecule has 1 unspecified atom stereocenters. The van der Waals surface area contributed by atoms with Gasteiger partial charge in [0.15, 0.2) is 0 Å². The lowest BCUT2D eigenvalue weighted by atomic mass is 10.2. The van der Waals surface area contributed by atoms with Crippen molar-refractivity contribution in [2.45, 2.75) is 26.0 Å². The molecular formula is C12H17N3O3. The number of hydrogen-bond donors (Lipinski definition) is 1. The van der Waals surface area contributed by atoms with Gasteiger partial charge in [0.1, 0.15) is 5.82 Å². The summed E-state index contributed by atoms with van der Waals surface area (Å²) in [5.41, 5.74) is 0.957. The molecule has 1 fully saturated rings. The van der Waals surface area contributed by atoms with E-state index in [9.17, 15) is 4.79 Å². The maximum atomic E-state index is 10.7. The van der Waals surface area contributed by atoms with Crippen LogP contribution >= 0.6 is 0 Å². The summed E-state index contributed by atoms with van der Waals surface area (Å²) in [6.45, 7) is 4.58. The van der Waals surface area contributed by atoms with Crippen LogP contribution in [-0.2, 0) is 16.1 Å². The molecule has 98 valence electrons. The monoisotopic (exact) mass is 251 g/mol. The lowest BCUT2D eigenvalue weighted by molar-refractivity contribution is -0.142. The first-order chi connectivity index (χ1) is 8.63. The van der Waals surface area contributed by atoms with E-state index in [-0.39, 0.29) is 12.5 Å². The first-order valence-corrected chi connectivity index (χ1v) is 5.98. The van der Waals surface area contributed by atoms with Gasteiger partial charge < -0.3 is 9.84 Å². The molecule has 1 aromatic rings. The molecule has 6 heteroatoms. The van der Waals surface area contributed by atoms with Gasteiger partial charge in [0, 0.05) is 25.8 Å². The molecule has 1 aliphatic heterocycles. The first-order valence-electron chi connectivity index (χ1n) is 5.98.